The Bertz CT molecular complexity index is 1270. The average Bonchev–Trinajstić information content (AvgIpc) is 3.47. The van der Waals surface area contributed by atoms with Crippen LogP contribution in [0, 0.1) is 0 Å². The zero-order valence-electron chi connectivity index (χ0n) is 55.0. The van der Waals surface area contributed by atoms with E-state index >= 15 is 0 Å². The molecule has 0 aromatic rings. The highest BCUT2D eigenvalue weighted by Gasteiger charge is 2.18. The first-order valence-electron chi connectivity index (χ1n) is 37.1. The van der Waals surface area contributed by atoms with E-state index in [4.69, 9.17) is 4.74 Å². The number of amides is 1. The number of unbranched alkanes of at least 4 members (excludes halogenated alkanes) is 57. The number of esters is 1. The Hall–Kier alpha value is -1.66. The average molecular weight is 1140 g/mol. The summed E-state index contributed by atoms with van der Waals surface area (Å²) in [5.41, 5.74) is 0. The van der Waals surface area contributed by atoms with Gasteiger partial charge in [0, 0.05) is 12.8 Å². The predicted octanol–water partition coefficient (Wildman–Crippen LogP) is 24.1. The second-order valence-electron chi connectivity index (χ2n) is 25.6. The van der Waals surface area contributed by atoms with E-state index in [0.717, 1.165) is 38.5 Å². The zero-order chi connectivity index (χ0) is 58.5. The van der Waals surface area contributed by atoms with E-state index < -0.39 is 12.1 Å². The van der Waals surface area contributed by atoms with Gasteiger partial charge >= 0.3 is 5.97 Å². The molecule has 0 saturated heterocycles. The van der Waals surface area contributed by atoms with Crippen molar-refractivity contribution < 1.29 is 24.5 Å². The van der Waals surface area contributed by atoms with Crippen molar-refractivity contribution in [2.45, 2.75) is 431 Å². The monoisotopic (exact) mass is 1140 g/mol. The fourth-order valence-electron chi connectivity index (χ4n) is 11.8. The second-order valence-corrected chi connectivity index (χ2v) is 25.6. The number of aliphatic hydroxyl groups is 2. The highest BCUT2D eigenvalue weighted by atomic mass is 16.5. The van der Waals surface area contributed by atoms with E-state index in [0.29, 0.717) is 19.4 Å². The summed E-state index contributed by atoms with van der Waals surface area (Å²) in [5, 5.41) is 23.2. The van der Waals surface area contributed by atoms with Gasteiger partial charge in [0.25, 0.3) is 0 Å². The van der Waals surface area contributed by atoms with E-state index in [9.17, 15) is 19.8 Å². The van der Waals surface area contributed by atoms with Crippen LogP contribution in [0.1, 0.15) is 418 Å². The highest BCUT2D eigenvalue weighted by molar-refractivity contribution is 5.76. The summed E-state index contributed by atoms with van der Waals surface area (Å²) in [5.74, 6) is -0.0411. The third-order valence-corrected chi connectivity index (χ3v) is 17.5. The third kappa shape index (κ3) is 67.3. The molecular formula is C75H145NO5. The van der Waals surface area contributed by atoms with Gasteiger partial charge in [0.15, 0.2) is 0 Å². The molecule has 6 nitrogen and oxygen atoms in total. The van der Waals surface area contributed by atoms with Crippen molar-refractivity contribution in [3.8, 4) is 0 Å². The predicted molar refractivity (Wildman–Crippen MR) is 356 cm³/mol. The maximum atomic E-state index is 12.5. The van der Waals surface area contributed by atoms with Crippen LogP contribution >= 0.6 is 0 Å². The fraction of sp³-hybridized carbons (Fsp3) is 0.920. The molecular weight excluding hydrogens is 995 g/mol. The van der Waals surface area contributed by atoms with Crippen LogP contribution in [0.15, 0.2) is 24.3 Å². The lowest BCUT2D eigenvalue weighted by Crippen LogP contribution is -2.45. The molecule has 480 valence electrons. The minimum atomic E-state index is -0.841. The molecule has 1 amide bonds. The number of rotatable bonds is 70. The first-order valence-corrected chi connectivity index (χ1v) is 37.1. The molecule has 0 saturated carbocycles. The fourth-order valence-corrected chi connectivity index (χ4v) is 11.8. The number of aliphatic hydroxyl groups excluding tert-OH is 2. The van der Waals surface area contributed by atoms with Gasteiger partial charge in [0.05, 0.1) is 25.4 Å². The van der Waals surface area contributed by atoms with Crippen LogP contribution in [0.25, 0.3) is 0 Å². The smallest absolute Gasteiger partial charge is 0.305 e. The van der Waals surface area contributed by atoms with Gasteiger partial charge in [0.2, 0.25) is 5.91 Å². The van der Waals surface area contributed by atoms with E-state index in [-0.39, 0.29) is 18.5 Å². The van der Waals surface area contributed by atoms with Crippen LogP contribution in [-0.2, 0) is 14.3 Å². The summed E-state index contributed by atoms with van der Waals surface area (Å²) in [6, 6.07) is -0.624. The van der Waals surface area contributed by atoms with Crippen LogP contribution in [0.4, 0.5) is 0 Å². The molecule has 0 fully saturated rings. The molecule has 3 N–H and O–H groups in total. The van der Waals surface area contributed by atoms with Crippen LogP contribution in [0.2, 0.25) is 0 Å². The summed E-state index contributed by atoms with van der Waals surface area (Å²) in [7, 11) is 0. The van der Waals surface area contributed by atoms with Crippen molar-refractivity contribution in [2.24, 2.45) is 0 Å². The quantitative estimate of drug-likeness (QED) is 0.0320. The molecule has 2 atom stereocenters. The Morgan fingerprint density at radius 3 is 0.877 bits per heavy atom. The van der Waals surface area contributed by atoms with E-state index in [1.54, 1.807) is 6.08 Å². The zero-order valence-corrected chi connectivity index (χ0v) is 55.0. The highest BCUT2D eigenvalue weighted by Crippen LogP contribution is 2.19. The SMILES string of the molecule is CCCCCCCC/C=C\CCCCCCCCCCCC(=O)OCCCCCCCCCCCCCCCCCCCCCCCCCCCCCCCCC(=O)NC(CO)C(O)/C=C/CCCCCCCCCCCCCCC. The van der Waals surface area contributed by atoms with Crippen molar-refractivity contribution in [1.29, 1.82) is 0 Å². The second kappa shape index (κ2) is 70.8. The number of carbonyl (C=O) groups is 2. The van der Waals surface area contributed by atoms with Crippen LogP contribution in [-0.4, -0.2) is 47.4 Å². The molecule has 0 rings (SSSR count). The van der Waals surface area contributed by atoms with Crippen molar-refractivity contribution in [2.75, 3.05) is 13.2 Å². The van der Waals surface area contributed by atoms with Crippen molar-refractivity contribution in [1.82, 2.24) is 5.32 Å². The molecule has 2 unspecified atom stereocenters. The summed E-state index contributed by atoms with van der Waals surface area (Å²) in [6.45, 7) is 4.94. The topological polar surface area (TPSA) is 95.9 Å². The number of allylic oxidation sites excluding steroid dienone is 3. The van der Waals surface area contributed by atoms with Gasteiger partial charge in [-0.25, -0.2) is 0 Å². The maximum Gasteiger partial charge on any atom is 0.305 e. The molecule has 81 heavy (non-hydrogen) atoms. The molecule has 0 aliphatic carbocycles. The lowest BCUT2D eigenvalue weighted by Gasteiger charge is -2.20. The Morgan fingerprint density at radius 1 is 0.333 bits per heavy atom. The first-order chi connectivity index (χ1) is 40.0. The number of carbonyl (C=O) groups excluding carboxylic acids is 2. The lowest BCUT2D eigenvalue weighted by molar-refractivity contribution is -0.143. The van der Waals surface area contributed by atoms with Gasteiger partial charge in [-0.3, -0.25) is 9.59 Å². The molecule has 0 aromatic heterocycles. The minimum Gasteiger partial charge on any atom is -0.466 e. The first kappa shape index (κ1) is 79.3. The summed E-state index contributed by atoms with van der Waals surface area (Å²) < 4.78 is 5.52. The number of ether oxygens (including phenoxy) is 1. The van der Waals surface area contributed by atoms with Gasteiger partial charge in [-0.15, -0.1) is 0 Å². The van der Waals surface area contributed by atoms with E-state index in [1.807, 2.05) is 6.08 Å². The minimum absolute atomic E-state index is 0.0202. The summed E-state index contributed by atoms with van der Waals surface area (Å²) in [4.78, 5) is 24.6. The van der Waals surface area contributed by atoms with Gasteiger partial charge in [-0.1, -0.05) is 372 Å². The maximum absolute atomic E-state index is 12.5. The largest absolute Gasteiger partial charge is 0.466 e. The number of hydrogen-bond donors (Lipinski definition) is 3. The van der Waals surface area contributed by atoms with E-state index in [1.165, 1.54) is 353 Å². The van der Waals surface area contributed by atoms with Crippen LogP contribution in [0.3, 0.4) is 0 Å². The number of nitrogens with one attached hydrogen (secondary N) is 1. The molecule has 0 aromatic carbocycles. The van der Waals surface area contributed by atoms with Gasteiger partial charge in [-0.05, 0) is 57.8 Å². The Balaban J connectivity index is 3.32. The van der Waals surface area contributed by atoms with Gasteiger partial charge < -0.3 is 20.3 Å². The normalized spacial score (nSPS) is 12.6. The summed E-state index contributed by atoms with van der Waals surface area (Å²) >= 11 is 0. The summed E-state index contributed by atoms with van der Waals surface area (Å²) in [6.07, 6.45) is 89.9. The van der Waals surface area contributed by atoms with Gasteiger partial charge in [-0.2, -0.15) is 0 Å². The molecule has 0 radical (unpaired) electrons. The van der Waals surface area contributed by atoms with Gasteiger partial charge in [0.1, 0.15) is 0 Å². The van der Waals surface area contributed by atoms with Crippen LogP contribution < -0.4 is 5.32 Å². The van der Waals surface area contributed by atoms with Crippen molar-refractivity contribution in [3.63, 3.8) is 0 Å². The number of hydrogen-bond acceptors (Lipinski definition) is 5. The molecule has 0 aliphatic heterocycles. The Morgan fingerprint density at radius 2 is 0.580 bits per heavy atom. The van der Waals surface area contributed by atoms with Crippen molar-refractivity contribution >= 4 is 11.9 Å². The Kier molecular flexibility index (Phi) is 69.4. The lowest BCUT2D eigenvalue weighted by atomic mass is 10.0. The third-order valence-electron chi connectivity index (χ3n) is 17.5. The standard InChI is InChI=1S/C75H145NO5/c1-3-5-7-9-11-13-15-17-19-20-33-37-41-45-49-53-57-61-65-69-75(80)81-70-66-62-58-54-50-46-42-38-35-32-30-28-26-24-22-21-23-25-27-29-31-34-36-40-44-48-52-56-60-64-68-74(79)76-72(71-77)73(78)67-63-59-55-51-47-43-39-18-16-14-12-10-8-6-4-2/h17,19,63,67,72-73,77-78H,3-16,18,20-62,64-66,68-71H2,1-2H3,(H,76,79)/b19-17-,67-63+. The molecule has 0 bridgehead atoms. The molecule has 0 spiro atoms. The molecule has 0 heterocycles. The van der Waals surface area contributed by atoms with Crippen LogP contribution in [0.5, 0.6) is 0 Å². The Labute approximate surface area is 507 Å². The molecule has 6 heteroatoms. The van der Waals surface area contributed by atoms with E-state index in [2.05, 4.69) is 31.3 Å². The van der Waals surface area contributed by atoms with Crippen molar-refractivity contribution in [3.05, 3.63) is 24.3 Å². The molecule has 0 aliphatic rings.